The highest BCUT2D eigenvalue weighted by molar-refractivity contribution is 6.32. The number of hydrogen-bond acceptors (Lipinski definition) is 2. The van der Waals surface area contributed by atoms with Crippen LogP contribution in [0.2, 0.25) is 5.02 Å². The number of hydrogen-bond donors (Lipinski definition) is 0. The molecule has 0 bridgehead atoms. The van der Waals surface area contributed by atoms with Gasteiger partial charge in [0.15, 0.2) is 0 Å². The number of pyridine rings is 1. The average molecular weight is 361 g/mol. The second-order valence-corrected chi connectivity index (χ2v) is 5.69. The van der Waals surface area contributed by atoms with Crippen LogP contribution < -0.4 is 9.88 Å². The number of allylic oxidation sites excluding steroid dienone is 3. The lowest BCUT2D eigenvalue weighted by Gasteiger charge is -2.30. The zero-order valence-corrected chi connectivity index (χ0v) is 13.9. The number of aromatic amines is 1. The van der Waals surface area contributed by atoms with Gasteiger partial charge >= 0.3 is 6.18 Å². The highest BCUT2D eigenvalue weighted by Crippen LogP contribution is 2.32. The van der Waals surface area contributed by atoms with E-state index in [-0.39, 0.29) is 10.9 Å². The standard InChI is InChI=1S/C16H17ClF3N3O/c1-2-3-4-5-14(24)22-6-8-23(9-7-22)15-13(17)10-12(11-21-15)16(18,19)20/h2-5,10-11H,6-9H2,1H3/p+1/b3-2+,5-4+. The summed E-state index contributed by atoms with van der Waals surface area (Å²) < 4.78 is 38.0. The van der Waals surface area contributed by atoms with Crippen molar-refractivity contribution in [3.63, 3.8) is 0 Å². The first kappa shape index (κ1) is 18.3. The molecule has 1 aromatic rings. The molecule has 0 radical (unpaired) electrons. The monoisotopic (exact) mass is 360 g/mol. The fourth-order valence-electron chi connectivity index (χ4n) is 2.37. The maximum absolute atomic E-state index is 12.7. The van der Waals surface area contributed by atoms with Crippen molar-refractivity contribution in [3.8, 4) is 0 Å². The summed E-state index contributed by atoms with van der Waals surface area (Å²) in [4.78, 5) is 18.1. The van der Waals surface area contributed by atoms with E-state index < -0.39 is 11.7 Å². The first-order chi connectivity index (χ1) is 11.3. The fourth-order valence-corrected chi connectivity index (χ4v) is 2.66. The molecule has 0 unspecified atom stereocenters. The number of anilines is 1. The van der Waals surface area contributed by atoms with E-state index in [1.54, 1.807) is 17.1 Å². The molecule has 24 heavy (non-hydrogen) atoms. The van der Waals surface area contributed by atoms with Crippen molar-refractivity contribution < 1.29 is 22.9 Å². The van der Waals surface area contributed by atoms with Crippen molar-refractivity contribution >= 4 is 23.3 Å². The van der Waals surface area contributed by atoms with Crippen LogP contribution in [0.25, 0.3) is 0 Å². The normalized spacial score (nSPS) is 16.4. The molecule has 0 atom stereocenters. The lowest BCUT2D eigenvalue weighted by atomic mass is 10.2. The molecule has 0 spiro atoms. The van der Waals surface area contributed by atoms with Crippen LogP contribution in [0.5, 0.6) is 0 Å². The third-order valence-electron chi connectivity index (χ3n) is 3.65. The molecule has 0 aromatic carbocycles. The molecule has 4 nitrogen and oxygen atoms in total. The van der Waals surface area contributed by atoms with Crippen LogP contribution in [0.4, 0.5) is 19.0 Å². The first-order valence-electron chi connectivity index (χ1n) is 7.44. The van der Waals surface area contributed by atoms with E-state index in [1.165, 1.54) is 6.08 Å². The fraction of sp³-hybridized carbons (Fsp3) is 0.375. The number of carbonyl (C=O) groups excluding carboxylic acids is 1. The van der Waals surface area contributed by atoms with Crippen molar-refractivity contribution in [1.82, 2.24) is 4.90 Å². The van der Waals surface area contributed by atoms with Gasteiger partial charge in [0, 0.05) is 6.08 Å². The number of rotatable bonds is 3. The number of nitrogens with one attached hydrogen (secondary N) is 1. The summed E-state index contributed by atoms with van der Waals surface area (Å²) in [6.07, 6.45) is 3.22. The van der Waals surface area contributed by atoms with Crippen molar-refractivity contribution in [2.45, 2.75) is 13.1 Å². The number of piperazine rings is 1. The van der Waals surface area contributed by atoms with Gasteiger partial charge in [-0.15, -0.1) is 0 Å². The molecule has 2 rings (SSSR count). The Balaban J connectivity index is 2.01. The summed E-state index contributed by atoms with van der Waals surface area (Å²) in [5.74, 6) is 0.344. The van der Waals surface area contributed by atoms with E-state index in [2.05, 4.69) is 4.98 Å². The summed E-state index contributed by atoms with van der Waals surface area (Å²) >= 11 is 5.98. The maximum Gasteiger partial charge on any atom is 0.419 e. The summed E-state index contributed by atoms with van der Waals surface area (Å²) in [6.45, 7) is 3.79. The van der Waals surface area contributed by atoms with Crippen LogP contribution in [0.3, 0.4) is 0 Å². The Hall–Kier alpha value is -2.02. The van der Waals surface area contributed by atoms with Crippen LogP contribution >= 0.6 is 11.6 Å². The minimum Gasteiger partial charge on any atom is -0.331 e. The van der Waals surface area contributed by atoms with Gasteiger partial charge in [-0.1, -0.05) is 29.8 Å². The lowest BCUT2D eigenvalue weighted by Crippen LogP contribution is -2.49. The number of amides is 1. The molecule has 1 saturated heterocycles. The second-order valence-electron chi connectivity index (χ2n) is 5.28. The Bertz CT molecular complexity index is 650. The topological polar surface area (TPSA) is 37.7 Å². The largest absolute Gasteiger partial charge is 0.419 e. The van der Waals surface area contributed by atoms with Crippen LogP contribution in [0, 0.1) is 0 Å². The van der Waals surface area contributed by atoms with Gasteiger partial charge in [0.25, 0.3) is 5.82 Å². The highest BCUT2D eigenvalue weighted by Gasteiger charge is 2.34. The average Bonchev–Trinajstić information content (AvgIpc) is 2.54. The quantitative estimate of drug-likeness (QED) is 0.614. The lowest BCUT2D eigenvalue weighted by molar-refractivity contribution is -0.367. The molecule has 1 amide bonds. The molecule has 8 heteroatoms. The molecular formula is C16H18ClF3N3O+. The Morgan fingerprint density at radius 2 is 1.92 bits per heavy atom. The van der Waals surface area contributed by atoms with Crippen molar-refractivity contribution in [1.29, 1.82) is 0 Å². The molecule has 1 fully saturated rings. The molecule has 0 saturated carbocycles. The van der Waals surface area contributed by atoms with E-state index in [1.807, 2.05) is 17.9 Å². The van der Waals surface area contributed by atoms with Gasteiger partial charge in [0.1, 0.15) is 24.3 Å². The van der Waals surface area contributed by atoms with Gasteiger partial charge in [0.05, 0.1) is 18.7 Å². The SMILES string of the molecule is C/C=C/C=C/C(=O)N1CCN(c2[nH+]cc(C(F)(F)F)cc2Cl)CC1. The number of aromatic nitrogens is 1. The highest BCUT2D eigenvalue weighted by atomic mass is 35.5. The van der Waals surface area contributed by atoms with Crippen LogP contribution in [0.1, 0.15) is 12.5 Å². The summed E-state index contributed by atoms with van der Waals surface area (Å²) in [7, 11) is 0. The third-order valence-corrected chi connectivity index (χ3v) is 3.94. The molecule has 1 aliphatic rings. The van der Waals surface area contributed by atoms with Gasteiger partial charge in [-0.05, 0) is 13.0 Å². The third kappa shape index (κ3) is 4.50. The second kappa shape index (κ2) is 7.70. The van der Waals surface area contributed by atoms with Crippen LogP contribution in [0.15, 0.2) is 36.6 Å². The number of H-pyrrole nitrogens is 1. The van der Waals surface area contributed by atoms with Crippen LogP contribution in [-0.2, 0) is 11.0 Å². The van der Waals surface area contributed by atoms with E-state index in [9.17, 15) is 18.0 Å². The van der Waals surface area contributed by atoms with E-state index in [4.69, 9.17) is 11.6 Å². The van der Waals surface area contributed by atoms with Gasteiger partial charge in [-0.25, -0.2) is 4.98 Å². The summed E-state index contributed by atoms with van der Waals surface area (Å²) in [5.41, 5.74) is -0.820. The maximum atomic E-state index is 12.7. The number of nitrogens with zero attached hydrogens (tertiary/aromatic N) is 2. The van der Waals surface area contributed by atoms with Crippen molar-refractivity contribution in [3.05, 3.63) is 47.2 Å². The number of alkyl halides is 3. The van der Waals surface area contributed by atoms with Gasteiger partial charge in [-0.3, -0.25) is 9.69 Å². The minimum atomic E-state index is -4.44. The van der Waals surface area contributed by atoms with Gasteiger partial charge in [0.2, 0.25) is 5.91 Å². The van der Waals surface area contributed by atoms with E-state index >= 15 is 0 Å². The van der Waals surface area contributed by atoms with Gasteiger partial charge < -0.3 is 4.90 Å². The molecule has 1 aliphatic heterocycles. The Morgan fingerprint density at radius 3 is 2.46 bits per heavy atom. The molecular weight excluding hydrogens is 343 g/mol. The first-order valence-corrected chi connectivity index (χ1v) is 7.82. The zero-order chi connectivity index (χ0) is 17.7. The smallest absolute Gasteiger partial charge is 0.331 e. The number of carbonyl (C=O) groups is 1. The Morgan fingerprint density at radius 1 is 1.25 bits per heavy atom. The molecule has 2 heterocycles. The van der Waals surface area contributed by atoms with Gasteiger partial charge in [-0.2, -0.15) is 13.2 Å². The molecule has 1 N–H and O–H groups in total. The van der Waals surface area contributed by atoms with Crippen molar-refractivity contribution in [2.75, 3.05) is 31.1 Å². The predicted octanol–water partition coefficient (Wildman–Crippen LogP) is 2.95. The van der Waals surface area contributed by atoms with Crippen LogP contribution in [-0.4, -0.2) is 37.0 Å². The predicted molar refractivity (Wildman–Crippen MR) is 85.8 cm³/mol. The summed E-state index contributed by atoms with van der Waals surface area (Å²) in [6, 6.07) is 0.907. The minimum absolute atomic E-state index is 0.0116. The van der Waals surface area contributed by atoms with E-state index in [0.717, 1.165) is 12.3 Å². The zero-order valence-electron chi connectivity index (χ0n) is 13.1. The summed E-state index contributed by atoms with van der Waals surface area (Å²) in [5, 5.41) is 0.0116. The molecule has 0 aliphatic carbocycles. The van der Waals surface area contributed by atoms with E-state index in [0.29, 0.717) is 32.0 Å². The Kier molecular flexibility index (Phi) is 5.88. The molecule has 1 aromatic heterocycles. The Labute approximate surface area is 143 Å². The molecule has 130 valence electrons. The van der Waals surface area contributed by atoms with Crippen molar-refractivity contribution in [2.24, 2.45) is 0 Å². The number of halogens is 4.